The van der Waals surface area contributed by atoms with E-state index in [0.717, 1.165) is 13.0 Å². The molecule has 1 N–H and O–H groups in total. The molecule has 0 radical (unpaired) electrons. The van der Waals surface area contributed by atoms with E-state index in [4.69, 9.17) is 0 Å². The summed E-state index contributed by atoms with van der Waals surface area (Å²) in [5.41, 5.74) is 4.19. The number of aryl methyl sites for hydroxylation is 1. The molecule has 1 aromatic heterocycles. The van der Waals surface area contributed by atoms with Crippen molar-refractivity contribution >= 4 is 11.3 Å². The standard InChI is InChI=1S/C18H25NS/c1-5-11-19-18(17-10-12-20-14(17)4)16-8-6-15(7-9-16)13(2)3/h6-10,12-13,18-19H,5,11H2,1-4H3. The van der Waals surface area contributed by atoms with Gasteiger partial charge in [0.1, 0.15) is 0 Å². The lowest BCUT2D eigenvalue weighted by atomic mass is 9.95. The van der Waals surface area contributed by atoms with E-state index in [1.54, 1.807) is 0 Å². The van der Waals surface area contributed by atoms with E-state index < -0.39 is 0 Å². The number of thiophene rings is 1. The topological polar surface area (TPSA) is 12.0 Å². The summed E-state index contributed by atoms with van der Waals surface area (Å²) in [5.74, 6) is 0.592. The normalized spacial score (nSPS) is 12.8. The monoisotopic (exact) mass is 287 g/mol. The van der Waals surface area contributed by atoms with Crippen LogP contribution in [0.3, 0.4) is 0 Å². The van der Waals surface area contributed by atoms with E-state index in [9.17, 15) is 0 Å². The molecule has 2 heteroatoms. The molecule has 0 saturated heterocycles. The number of hydrogen-bond donors (Lipinski definition) is 1. The summed E-state index contributed by atoms with van der Waals surface area (Å²) in [5, 5.41) is 5.87. The smallest absolute Gasteiger partial charge is 0.0587 e. The highest BCUT2D eigenvalue weighted by atomic mass is 32.1. The lowest BCUT2D eigenvalue weighted by molar-refractivity contribution is 0.598. The molecule has 0 amide bonds. The molecule has 108 valence electrons. The van der Waals surface area contributed by atoms with Gasteiger partial charge in [-0.2, -0.15) is 0 Å². The quantitative estimate of drug-likeness (QED) is 0.763. The molecule has 0 fully saturated rings. The Morgan fingerprint density at radius 2 is 1.70 bits per heavy atom. The SMILES string of the molecule is CCCNC(c1ccc(C(C)C)cc1)c1ccsc1C. The summed E-state index contributed by atoms with van der Waals surface area (Å²) in [6.07, 6.45) is 1.16. The maximum absolute atomic E-state index is 3.68. The van der Waals surface area contributed by atoms with Gasteiger partial charge in [0.2, 0.25) is 0 Å². The zero-order valence-electron chi connectivity index (χ0n) is 12.9. The van der Waals surface area contributed by atoms with E-state index >= 15 is 0 Å². The van der Waals surface area contributed by atoms with Crippen molar-refractivity contribution < 1.29 is 0 Å². The third kappa shape index (κ3) is 3.50. The van der Waals surface area contributed by atoms with Crippen molar-refractivity contribution in [1.82, 2.24) is 5.32 Å². The Bertz CT molecular complexity index is 525. The Kier molecular flexibility index (Phi) is 5.38. The molecule has 1 atom stereocenters. The van der Waals surface area contributed by atoms with Crippen molar-refractivity contribution in [2.75, 3.05) is 6.54 Å². The van der Waals surface area contributed by atoms with Crippen LogP contribution in [0.1, 0.15) is 60.7 Å². The van der Waals surface area contributed by atoms with Crippen molar-refractivity contribution in [3.05, 3.63) is 57.3 Å². The molecule has 1 aromatic carbocycles. The molecule has 1 unspecified atom stereocenters. The number of hydrogen-bond acceptors (Lipinski definition) is 2. The van der Waals surface area contributed by atoms with Gasteiger partial charge in [-0.1, -0.05) is 45.0 Å². The van der Waals surface area contributed by atoms with Gasteiger partial charge < -0.3 is 5.32 Å². The fourth-order valence-corrected chi connectivity index (χ4v) is 3.20. The molecule has 0 saturated carbocycles. The highest BCUT2D eigenvalue weighted by molar-refractivity contribution is 7.10. The van der Waals surface area contributed by atoms with Crippen molar-refractivity contribution in [1.29, 1.82) is 0 Å². The summed E-state index contributed by atoms with van der Waals surface area (Å²) >= 11 is 1.83. The van der Waals surface area contributed by atoms with E-state index in [1.165, 1.54) is 21.6 Å². The van der Waals surface area contributed by atoms with Gasteiger partial charge in [-0.05, 0) is 53.9 Å². The van der Waals surface area contributed by atoms with Crippen LogP contribution in [-0.2, 0) is 0 Å². The van der Waals surface area contributed by atoms with Gasteiger partial charge in [0.25, 0.3) is 0 Å². The van der Waals surface area contributed by atoms with Crippen molar-refractivity contribution in [3.63, 3.8) is 0 Å². The molecule has 0 aliphatic heterocycles. The van der Waals surface area contributed by atoms with Crippen LogP contribution in [0.5, 0.6) is 0 Å². The lowest BCUT2D eigenvalue weighted by Gasteiger charge is -2.20. The minimum absolute atomic E-state index is 0.322. The van der Waals surface area contributed by atoms with Crippen LogP contribution < -0.4 is 5.32 Å². The fraction of sp³-hybridized carbons (Fsp3) is 0.444. The Hall–Kier alpha value is -1.12. The Balaban J connectivity index is 2.29. The van der Waals surface area contributed by atoms with Gasteiger partial charge in [0, 0.05) is 4.88 Å². The minimum Gasteiger partial charge on any atom is -0.306 e. The predicted octanol–water partition coefficient (Wildman–Crippen LogP) is 5.27. The van der Waals surface area contributed by atoms with Crippen LogP contribution in [0, 0.1) is 6.92 Å². The first kappa shape index (κ1) is 15.3. The van der Waals surface area contributed by atoms with Gasteiger partial charge in [-0.25, -0.2) is 0 Å². The summed E-state index contributed by atoms with van der Waals surface area (Å²) in [4.78, 5) is 1.41. The molecule has 0 bridgehead atoms. The summed E-state index contributed by atoms with van der Waals surface area (Å²) < 4.78 is 0. The Morgan fingerprint density at radius 3 is 2.20 bits per heavy atom. The molecule has 20 heavy (non-hydrogen) atoms. The van der Waals surface area contributed by atoms with Crippen molar-refractivity contribution in [2.45, 2.75) is 46.1 Å². The minimum atomic E-state index is 0.322. The number of nitrogens with one attached hydrogen (secondary N) is 1. The summed E-state index contributed by atoms with van der Waals surface area (Å²) in [7, 11) is 0. The van der Waals surface area contributed by atoms with Gasteiger partial charge >= 0.3 is 0 Å². The molecule has 0 spiro atoms. The maximum atomic E-state index is 3.68. The van der Waals surface area contributed by atoms with E-state index in [2.05, 4.69) is 68.7 Å². The van der Waals surface area contributed by atoms with Crippen LogP contribution in [0.15, 0.2) is 35.7 Å². The third-order valence-corrected chi connectivity index (χ3v) is 4.61. The molecule has 2 aromatic rings. The Morgan fingerprint density at radius 1 is 1.05 bits per heavy atom. The van der Waals surface area contributed by atoms with E-state index in [-0.39, 0.29) is 0 Å². The Labute approximate surface area is 127 Å². The van der Waals surface area contributed by atoms with Crippen LogP contribution in [0.2, 0.25) is 0 Å². The molecule has 0 aliphatic carbocycles. The third-order valence-electron chi connectivity index (χ3n) is 3.74. The number of benzene rings is 1. The molecular formula is C18H25NS. The van der Waals surface area contributed by atoms with Crippen molar-refractivity contribution in [2.24, 2.45) is 0 Å². The largest absolute Gasteiger partial charge is 0.306 e. The second kappa shape index (κ2) is 7.05. The zero-order chi connectivity index (χ0) is 14.5. The summed E-state index contributed by atoms with van der Waals surface area (Å²) in [6.45, 7) is 9.96. The van der Waals surface area contributed by atoms with E-state index in [0.29, 0.717) is 12.0 Å². The van der Waals surface area contributed by atoms with Crippen LogP contribution >= 0.6 is 11.3 Å². The predicted molar refractivity (Wildman–Crippen MR) is 89.7 cm³/mol. The van der Waals surface area contributed by atoms with Crippen LogP contribution in [-0.4, -0.2) is 6.54 Å². The maximum Gasteiger partial charge on any atom is 0.0587 e. The summed E-state index contributed by atoms with van der Waals surface area (Å²) in [6, 6.07) is 11.7. The average Bonchev–Trinajstić information content (AvgIpc) is 2.86. The molecule has 1 heterocycles. The molecule has 0 aliphatic rings. The van der Waals surface area contributed by atoms with Gasteiger partial charge in [-0.15, -0.1) is 11.3 Å². The highest BCUT2D eigenvalue weighted by Crippen LogP contribution is 2.29. The highest BCUT2D eigenvalue weighted by Gasteiger charge is 2.16. The second-order valence-corrected chi connectivity index (χ2v) is 6.76. The van der Waals surface area contributed by atoms with Crippen molar-refractivity contribution in [3.8, 4) is 0 Å². The van der Waals surface area contributed by atoms with Gasteiger partial charge in [-0.3, -0.25) is 0 Å². The van der Waals surface area contributed by atoms with Gasteiger partial charge in [0.05, 0.1) is 6.04 Å². The fourth-order valence-electron chi connectivity index (χ4n) is 2.46. The number of rotatable bonds is 6. The first-order valence-corrected chi connectivity index (χ1v) is 8.38. The molecular weight excluding hydrogens is 262 g/mol. The first-order valence-electron chi connectivity index (χ1n) is 7.50. The second-order valence-electron chi connectivity index (χ2n) is 5.64. The van der Waals surface area contributed by atoms with Crippen LogP contribution in [0.4, 0.5) is 0 Å². The lowest BCUT2D eigenvalue weighted by Crippen LogP contribution is -2.23. The molecule has 2 rings (SSSR count). The molecule has 1 nitrogen and oxygen atoms in total. The average molecular weight is 287 g/mol. The van der Waals surface area contributed by atoms with Crippen LogP contribution in [0.25, 0.3) is 0 Å². The zero-order valence-corrected chi connectivity index (χ0v) is 13.8. The first-order chi connectivity index (χ1) is 9.63. The van der Waals surface area contributed by atoms with Gasteiger partial charge in [0.15, 0.2) is 0 Å². The van der Waals surface area contributed by atoms with E-state index in [1.807, 2.05) is 11.3 Å².